The number of aliphatic imine (C=N–C) groups is 3. The lowest BCUT2D eigenvalue weighted by atomic mass is 10.4. The molecular formula is C15H15N3O2. The topological polar surface area (TPSA) is 63.4 Å². The van der Waals surface area contributed by atoms with Crippen molar-refractivity contribution in [2.24, 2.45) is 15.0 Å². The molecule has 0 unspecified atom stereocenters. The average molecular weight is 269 g/mol. The minimum atomic E-state index is -0.421. The van der Waals surface area contributed by atoms with Gasteiger partial charge in [-0.3, -0.25) is 15.0 Å². The molecule has 0 aromatic heterocycles. The first kappa shape index (κ1) is 15.2. The van der Waals surface area contributed by atoms with E-state index in [4.69, 9.17) is 4.74 Å². The van der Waals surface area contributed by atoms with Crippen LogP contribution in [-0.2, 0) is 9.53 Å². The van der Waals surface area contributed by atoms with E-state index in [-0.39, 0.29) is 6.61 Å². The Kier molecular flexibility index (Phi) is 8.59. The SMILES string of the molecule is O=C1C=CC=NC=CN=CC=CN=CC=CC=CCO1. The van der Waals surface area contributed by atoms with Crippen molar-refractivity contribution in [3.8, 4) is 0 Å². The van der Waals surface area contributed by atoms with Gasteiger partial charge in [0.25, 0.3) is 0 Å². The van der Waals surface area contributed by atoms with Gasteiger partial charge in [-0.15, -0.1) is 0 Å². The maximum absolute atomic E-state index is 11.2. The molecule has 0 bridgehead atoms. The van der Waals surface area contributed by atoms with Crippen LogP contribution in [0.25, 0.3) is 0 Å². The predicted molar refractivity (Wildman–Crippen MR) is 82.1 cm³/mol. The number of allylic oxidation sites excluding steroid dienone is 5. The molecule has 0 atom stereocenters. The third-order valence-electron chi connectivity index (χ3n) is 1.84. The molecule has 0 amide bonds. The summed E-state index contributed by atoms with van der Waals surface area (Å²) in [6.45, 7) is 0.218. The summed E-state index contributed by atoms with van der Waals surface area (Å²) in [5, 5.41) is 0. The van der Waals surface area contributed by atoms with Gasteiger partial charge in [0.1, 0.15) is 6.61 Å². The normalized spacial score (nSPS) is 16.7. The zero-order valence-electron chi connectivity index (χ0n) is 10.9. The van der Waals surface area contributed by atoms with Gasteiger partial charge in [-0.25, -0.2) is 4.79 Å². The van der Waals surface area contributed by atoms with E-state index in [0.717, 1.165) is 0 Å². The number of carbonyl (C=O) groups excluding carboxylic acids is 1. The first-order valence-electron chi connectivity index (χ1n) is 5.94. The number of nitrogens with zero attached hydrogens (tertiary/aromatic N) is 3. The standard InChI is InChI=1S/C15H15N3O2/c19-15-7-5-9-17-12-13-18-11-6-10-16-8-3-1-2-4-14-20-15/h1-13H,14H2. The summed E-state index contributed by atoms with van der Waals surface area (Å²) in [4.78, 5) is 23.1. The van der Waals surface area contributed by atoms with Crippen LogP contribution in [0.3, 0.4) is 0 Å². The molecule has 5 heteroatoms. The molecule has 0 aromatic rings. The van der Waals surface area contributed by atoms with Gasteiger partial charge in [0.15, 0.2) is 0 Å². The summed E-state index contributed by atoms with van der Waals surface area (Å²) >= 11 is 0. The molecule has 1 heterocycles. The van der Waals surface area contributed by atoms with Crippen molar-refractivity contribution in [1.29, 1.82) is 0 Å². The second-order valence-electron chi connectivity index (χ2n) is 3.34. The third kappa shape index (κ3) is 9.23. The quantitative estimate of drug-likeness (QED) is 0.634. The van der Waals surface area contributed by atoms with Gasteiger partial charge < -0.3 is 4.74 Å². The minimum Gasteiger partial charge on any atom is -0.458 e. The number of rotatable bonds is 0. The molecule has 102 valence electrons. The van der Waals surface area contributed by atoms with Crippen molar-refractivity contribution in [3.63, 3.8) is 0 Å². The van der Waals surface area contributed by atoms with Crippen LogP contribution < -0.4 is 0 Å². The molecule has 1 aliphatic heterocycles. The lowest BCUT2D eigenvalue weighted by Crippen LogP contribution is -1.99. The van der Waals surface area contributed by atoms with Crippen LogP contribution in [0.15, 0.2) is 76.1 Å². The maximum Gasteiger partial charge on any atom is 0.331 e. The number of carbonyl (C=O) groups is 1. The lowest BCUT2D eigenvalue weighted by molar-refractivity contribution is -0.136. The molecule has 0 N–H and O–H groups in total. The molecule has 20 heavy (non-hydrogen) atoms. The van der Waals surface area contributed by atoms with Crippen molar-refractivity contribution in [2.75, 3.05) is 6.61 Å². The van der Waals surface area contributed by atoms with E-state index in [1.54, 1.807) is 49.0 Å². The fraction of sp³-hybridized carbons (Fsp3) is 0.0667. The van der Waals surface area contributed by atoms with E-state index in [9.17, 15) is 4.79 Å². The molecule has 0 aliphatic carbocycles. The second kappa shape index (κ2) is 11.3. The number of cyclic esters (lactones) is 1. The molecule has 0 spiro atoms. The Morgan fingerprint density at radius 3 is 2.35 bits per heavy atom. The van der Waals surface area contributed by atoms with Crippen LogP contribution in [0.4, 0.5) is 0 Å². The Morgan fingerprint density at radius 1 is 0.800 bits per heavy atom. The smallest absolute Gasteiger partial charge is 0.331 e. The number of esters is 1. The Bertz CT molecular complexity index is 521. The summed E-state index contributed by atoms with van der Waals surface area (Å²) in [7, 11) is 0. The highest BCUT2D eigenvalue weighted by Gasteiger charge is 1.91. The third-order valence-corrected chi connectivity index (χ3v) is 1.84. The molecule has 0 saturated heterocycles. The number of ether oxygens (including phenoxy) is 1. The van der Waals surface area contributed by atoms with E-state index in [1.165, 1.54) is 30.8 Å². The monoisotopic (exact) mass is 269 g/mol. The van der Waals surface area contributed by atoms with Gasteiger partial charge in [0.05, 0.1) is 0 Å². The van der Waals surface area contributed by atoms with Crippen LogP contribution in [-0.4, -0.2) is 31.2 Å². The Hall–Kier alpha value is -2.82. The molecular weight excluding hydrogens is 254 g/mol. The fourth-order valence-electron chi connectivity index (χ4n) is 1.01. The van der Waals surface area contributed by atoms with Crippen molar-refractivity contribution in [1.82, 2.24) is 0 Å². The van der Waals surface area contributed by atoms with Gasteiger partial charge >= 0.3 is 5.97 Å². The first-order valence-corrected chi connectivity index (χ1v) is 5.94. The van der Waals surface area contributed by atoms with Crippen LogP contribution in [0, 0.1) is 0 Å². The van der Waals surface area contributed by atoms with Crippen LogP contribution in [0.2, 0.25) is 0 Å². The average Bonchev–Trinajstić information content (AvgIpc) is 2.45. The fourth-order valence-corrected chi connectivity index (χ4v) is 1.01. The van der Waals surface area contributed by atoms with Crippen molar-refractivity contribution >= 4 is 24.6 Å². The van der Waals surface area contributed by atoms with Gasteiger partial charge in [0.2, 0.25) is 0 Å². The molecule has 1 aliphatic rings. The predicted octanol–water partition coefficient (Wildman–Crippen LogP) is 2.41. The highest BCUT2D eigenvalue weighted by Crippen LogP contribution is 1.85. The highest BCUT2D eigenvalue weighted by atomic mass is 16.5. The first-order chi connectivity index (χ1) is 9.89. The van der Waals surface area contributed by atoms with Gasteiger partial charge in [-0.2, -0.15) is 0 Å². The zero-order valence-corrected chi connectivity index (χ0v) is 10.9. The summed E-state index contributed by atoms with van der Waals surface area (Å²) in [5.41, 5.74) is 0. The minimum absolute atomic E-state index is 0.218. The molecule has 0 fully saturated rings. The molecule has 0 radical (unpaired) electrons. The van der Waals surface area contributed by atoms with Crippen molar-refractivity contribution < 1.29 is 9.53 Å². The summed E-state index contributed by atoms with van der Waals surface area (Å²) < 4.78 is 4.91. The van der Waals surface area contributed by atoms with E-state index in [2.05, 4.69) is 15.0 Å². The second-order valence-corrected chi connectivity index (χ2v) is 3.34. The Morgan fingerprint density at radius 2 is 1.50 bits per heavy atom. The van der Waals surface area contributed by atoms with E-state index in [1.807, 2.05) is 0 Å². The molecule has 0 saturated carbocycles. The summed E-state index contributed by atoms with van der Waals surface area (Å²) in [6, 6.07) is 0. The largest absolute Gasteiger partial charge is 0.458 e. The van der Waals surface area contributed by atoms with E-state index in [0.29, 0.717) is 0 Å². The van der Waals surface area contributed by atoms with Gasteiger partial charge in [-0.1, -0.05) is 12.2 Å². The van der Waals surface area contributed by atoms with Gasteiger partial charge in [0, 0.05) is 43.3 Å². The lowest BCUT2D eigenvalue weighted by Gasteiger charge is -1.94. The molecule has 5 nitrogen and oxygen atoms in total. The summed E-state index contributed by atoms with van der Waals surface area (Å²) in [5.74, 6) is -0.421. The van der Waals surface area contributed by atoms with E-state index >= 15 is 0 Å². The molecule has 1 rings (SSSR count). The van der Waals surface area contributed by atoms with Gasteiger partial charge in [-0.05, 0) is 24.3 Å². The molecule has 0 aromatic carbocycles. The highest BCUT2D eigenvalue weighted by molar-refractivity contribution is 5.87. The van der Waals surface area contributed by atoms with Crippen LogP contribution in [0.1, 0.15) is 0 Å². The number of hydrogen-bond acceptors (Lipinski definition) is 5. The van der Waals surface area contributed by atoms with E-state index < -0.39 is 5.97 Å². The van der Waals surface area contributed by atoms with Crippen LogP contribution >= 0.6 is 0 Å². The van der Waals surface area contributed by atoms with Crippen molar-refractivity contribution in [2.45, 2.75) is 0 Å². The van der Waals surface area contributed by atoms with Crippen molar-refractivity contribution in [3.05, 3.63) is 61.1 Å². The number of hydrogen-bond donors (Lipinski definition) is 0. The zero-order chi connectivity index (χ0) is 14.3. The maximum atomic E-state index is 11.2. The van der Waals surface area contributed by atoms with Crippen LogP contribution in [0.5, 0.6) is 0 Å². The Labute approximate surface area is 117 Å². The Balaban J connectivity index is 2.65. The summed E-state index contributed by atoms with van der Waals surface area (Å²) in [6.07, 6.45) is 20.9.